The number of aromatic amines is 1. The molecule has 1 aromatic rings. The second-order valence-corrected chi connectivity index (χ2v) is 1.81. The third kappa shape index (κ3) is 1.82. The van der Waals surface area contributed by atoms with E-state index in [1.54, 1.807) is 0 Å². The lowest BCUT2D eigenvalue weighted by Crippen LogP contribution is -1.85. The fourth-order valence-electron chi connectivity index (χ4n) is 0.574. The smallest absolute Gasteiger partial charge is 0.328 e. The lowest BCUT2D eigenvalue weighted by Gasteiger charge is -1.84. The van der Waals surface area contributed by atoms with E-state index in [-0.39, 0.29) is 11.6 Å². The molecule has 0 aliphatic rings. The van der Waals surface area contributed by atoms with E-state index in [0.717, 1.165) is 6.08 Å². The Bertz CT molecular complexity index is 290. The van der Waals surface area contributed by atoms with Gasteiger partial charge in [0.25, 0.3) is 0 Å². The summed E-state index contributed by atoms with van der Waals surface area (Å²) in [6.45, 7) is 0. The summed E-state index contributed by atoms with van der Waals surface area (Å²) in [5.74, 6) is -1.28. The maximum atomic E-state index is 10.0. The first-order chi connectivity index (χ1) is 5.20. The summed E-state index contributed by atoms with van der Waals surface area (Å²) in [6, 6.07) is 0. The van der Waals surface area contributed by atoms with Crippen LogP contribution in [0.2, 0.25) is 0 Å². The van der Waals surface area contributed by atoms with Crippen LogP contribution in [0, 0.1) is 0 Å². The summed E-state index contributed by atoms with van der Waals surface area (Å²) in [5, 5.41) is 17.1. The van der Waals surface area contributed by atoms with Crippen LogP contribution >= 0.6 is 0 Å². The van der Waals surface area contributed by atoms with Gasteiger partial charge in [0.2, 0.25) is 5.88 Å². The van der Waals surface area contributed by atoms with Gasteiger partial charge in [0.05, 0.1) is 6.33 Å². The highest BCUT2D eigenvalue weighted by Gasteiger charge is 1.97. The van der Waals surface area contributed by atoms with Crippen LogP contribution in [0.4, 0.5) is 0 Å². The van der Waals surface area contributed by atoms with Gasteiger partial charge in [-0.2, -0.15) is 0 Å². The van der Waals surface area contributed by atoms with Gasteiger partial charge in [-0.3, -0.25) is 0 Å². The molecule has 0 saturated carbocycles. The number of nitrogens with zero attached hydrogens (tertiary/aromatic N) is 1. The van der Waals surface area contributed by atoms with Crippen LogP contribution in [-0.2, 0) is 4.79 Å². The van der Waals surface area contributed by atoms with Crippen molar-refractivity contribution in [2.24, 2.45) is 0 Å². The minimum atomic E-state index is -1.07. The quantitative estimate of drug-likeness (QED) is 0.531. The van der Waals surface area contributed by atoms with Crippen molar-refractivity contribution in [1.29, 1.82) is 0 Å². The van der Waals surface area contributed by atoms with Crippen molar-refractivity contribution < 1.29 is 15.0 Å². The molecule has 0 aliphatic heterocycles. The molecule has 0 unspecified atom stereocenters. The van der Waals surface area contributed by atoms with E-state index >= 15 is 0 Å². The highest BCUT2D eigenvalue weighted by molar-refractivity contribution is 5.85. The molecule has 0 aromatic carbocycles. The van der Waals surface area contributed by atoms with Gasteiger partial charge >= 0.3 is 5.97 Å². The SMILES string of the molecule is O=C(O)C=Cc1[nH]cnc1O. The average molecular weight is 154 g/mol. The molecule has 1 rings (SSSR count). The van der Waals surface area contributed by atoms with Crippen LogP contribution in [0.3, 0.4) is 0 Å². The normalized spacial score (nSPS) is 10.5. The Hall–Kier alpha value is -1.78. The van der Waals surface area contributed by atoms with E-state index in [4.69, 9.17) is 10.2 Å². The molecule has 11 heavy (non-hydrogen) atoms. The molecular weight excluding hydrogens is 148 g/mol. The third-order valence-electron chi connectivity index (χ3n) is 1.04. The van der Waals surface area contributed by atoms with Gasteiger partial charge in [-0.1, -0.05) is 0 Å². The average Bonchev–Trinajstić information content (AvgIpc) is 2.31. The van der Waals surface area contributed by atoms with Gasteiger partial charge in [0.1, 0.15) is 5.69 Å². The number of imidazole rings is 1. The summed E-state index contributed by atoms with van der Waals surface area (Å²) in [4.78, 5) is 16.0. The van der Waals surface area contributed by atoms with E-state index in [1.165, 1.54) is 12.4 Å². The second kappa shape index (κ2) is 2.87. The third-order valence-corrected chi connectivity index (χ3v) is 1.04. The molecule has 0 amide bonds. The molecule has 0 saturated heterocycles. The largest absolute Gasteiger partial charge is 0.492 e. The van der Waals surface area contributed by atoms with E-state index < -0.39 is 5.97 Å². The van der Waals surface area contributed by atoms with E-state index in [1.807, 2.05) is 0 Å². The summed E-state index contributed by atoms with van der Waals surface area (Å²) < 4.78 is 0. The van der Waals surface area contributed by atoms with Gasteiger partial charge in [0, 0.05) is 6.08 Å². The summed E-state index contributed by atoms with van der Waals surface area (Å²) >= 11 is 0. The van der Waals surface area contributed by atoms with Gasteiger partial charge in [-0.25, -0.2) is 9.78 Å². The van der Waals surface area contributed by atoms with Crippen LogP contribution in [0.15, 0.2) is 12.4 Å². The van der Waals surface area contributed by atoms with Crippen molar-refractivity contribution in [3.8, 4) is 5.88 Å². The first kappa shape index (κ1) is 7.33. The Morgan fingerprint density at radius 1 is 1.73 bits per heavy atom. The van der Waals surface area contributed by atoms with Crippen LogP contribution in [0.5, 0.6) is 5.88 Å². The maximum Gasteiger partial charge on any atom is 0.328 e. The molecule has 0 radical (unpaired) electrons. The lowest BCUT2D eigenvalue weighted by atomic mass is 10.4. The summed E-state index contributed by atoms with van der Waals surface area (Å²) in [5.41, 5.74) is 0.285. The zero-order valence-corrected chi connectivity index (χ0v) is 5.48. The topological polar surface area (TPSA) is 86.2 Å². The highest BCUT2D eigenvalue weighted by atomic mass is 16.4. The van der Waals surface area contributed by atoms with Crippen LogP contribution < -0.4 is 0 Å². The van der Waals surface area contributed by atoms with Crippen LogP contribution in [0.25, 0.3) is 6.08 Å². The highest BCUT2D eigenvalue weighted by Crippen LogP contribution is 2.10. The number of H-pyrrole nitrogens is 1. The molecule has 0 bridgehead atoms. The van der Waals surface area contributed by atoms with Gasteiger partial charge in [-0.15, -0.1) is 0 Å². The van der Waals surface area contributed by atoms with Crippen molar-refractivity contribution in [3.63, 3.8) is 0 Å². The number of rotatable bonds is 2. The number of nitrogens with one attached hydrogen (secondary N) is 1. The van der Waals surface area contributed by atoms with E-state index in [0.29, 0.717) is 0 Å². The Kier molecular flexibility index (Phi) is 1.91. The zero-order chi connectivity index (χ0) is 8.27. The fraction of sp³-hybridized carbons (Fsp3) is 0. The molecule has 1 aromatic heterocycles. The van der Waals surface area contributed by atoms with Crippen LogP contribution in [-0.4, -0.2) is 26.2 Å². The first-order valence-corrected chi connectivity index (χ1v) is 2.83. The van der Waals surface area contributed by atoms with Crippen molar-refractivity contribution in [2.75, 3.05) is 0 Å². The lowest BCUT2D eigenvalue weighted by molar-refractivity contribution is -0.131. The molecule has 1 heterocycles. The Morgan fingerprint density at radius 2 is 2.45 bits per heavy atom. The van der Waals surface area contributed by atoms with E-state index in [9.17, 15) is 4.79 Å². The number of hydrogen-bond acceptors (Lipinski definition) is 3. The molecular formula is C6H6N2O3. The molecule has 0 spiro atoms. The predicted molar refractivity (Wildman–Crippen MR) is 36.9 cm³/mol. The summed E-state index contributed by atoms with van der Waals surface area (Å²) in [6.07, 6.45) is 3.41. The molecule has 5 nitrogen and oxygen atoms in total. The van der Waals surface area contributed by atoms with E-state index in [2.05, 4.69) is 9.97 Å². The number of hydrogen-bond donors (Lipinski definition) is 3. The molecule has 58 valence electrons. The zero-order valence-electron chi connectivity index (χ0n) is 5.48. The molecule has 0 fully saturated rings. The number of aromatic nitrogens is 2. The fourth-order valence-corrected chi connectivity index (χ4v) is 0.574. The van der Waals surface area contributed by atoms with Gasteiger partial charge < -0.3 is 15.2 Å². The molecule has 0 aliphatic carbocycles. The van der Waals surface area contributed by atoms with Gasteiger partial charge in [0.15, 0.2) is 0 Å². The van der Waals surface area contributed by atoms with Crippen molar-refractivity contribution in [2.45, 2.75) is 0 Å². The van der Waals surface area contributed by atoms with Gasteiger partial charge in [-0.05, 0) is 6.08 Å². The second-order valence-electron chi connectivity index (χ2n) is 1.81. The number of carbonyl (C=O) groups is 1. The Balaban J connectivity index is 2.79. The molecule has 5 heteroatoms. The van der Waals surface area contributed by atoms with Crippen LogP contribution in [0.1, 0.15) is 5.69 Å². The van der Waals surface area contributed by atoms with Crippen molar-refractivity contribution in [1.82, 2.24) is 9.97 Å². The molecule has 0 atom stereocenters. The monoisotopic (exact) mass is 154 g/mol. The summed E-state index contributed by atoms with van der Waals surface area (Å²) in [7, 11) is 0. The standard InChI is InChI=1S/C6H6N2O3/c9-5(10)2-1-4-6(11)8-3-7-4/h1-3,11H,(H,7,8)(H,9,10). The number of aromatic hydroxyl groups is 1. The number of carboxylic acid groups (broad SMARTS) is 1. The van der Waals surface area contributed by atoms with Crippen molar-refractivity contribution >= 4 is 12.0 Å². The molecule has 3 N–H and O–H groups in total. The predicted octanol–water partition coefficient (Wildman–Crippen LogP) is 0.213. The maximum absolute atomic E-state index is 10.0. The van der Waals surface area contributed by atoms with Crippen molar-refractivity contribution in [3.05, 3.63) is 18.1 Å². The minimum absolute atomic E-state index is 0.206. The first-order valence-electron chi connectivity index (χ1n) is 2.83. The number of carboxylic acids is 1. The Morgan fingerprint density at radius 3 is 2.91 bits per heavy atom. The minimum Gasteiger partial charge on any atom is -0.492 e. The number of aliphatic carboxylic acids is 1. The Labute approximate surface area is 62.0 Å².